The Hall–Kier alpha value is -2.43. The average Bonchev–Trinajstić information content (AvgIpc) is 2.51. The van der Waals surface area contributed by atoms with Gasteiger partial charge in [-0.15, -0.1) is 0 Å². The molecule has 1 atom stereocenters. The van der Waals surface area contributed by atoms with Crippen LogP contribution < -0.4 is 5.56 Å². The van der Waals surface area contributed by atoms with Gasteiger partial charge in [0.25, 0.3) is 5.56 Å². The van der Waals surface area contributed by atoms with Crippen molar-refractivity contribution in [2.24, 2.45) is 0 Å². The van der Waals surface area contributed by atoms with Crippen LogP contribution in [0, 0.1) is 0 Å². The summed E-state index contributed by atoms with van der Waals surface area (Å²) in [5, 5.41) is 0. The smallest absolute Gasteiger partial charge is 0.250 e. The summed E-state index contributed by atoms with van der Waals surface area (Å²) in [4.78, 5) is 30.0. The van der Waals surface area contributed by atoms with Gasteiger partial charge in [-0.1, -0.05) is 19.1 Å². The lowest BCUT2D eigenvalue weighted by atomic mass is 10.1. The fraction of sp³-hybridized carbons (Fsp3) is 0.312. The highest BCUT2D eigenvalue weighted by Crippen LogP contribution is 2.20. The summed E-state index contributed by atoms with van der Waals surface area (Å²) in [5.41, 5.74) is 0.682. The summed E-state index contributed by atoms with van der Waals surface area (Å²) in [5.74, 6) is -0.110. The Morgan fingerprint density at radius 2 is 2.05 bits per heavy atom. The molecule has 0 fully saturated rings. The van der Waals surface area contributed by atoms with Crippen LogP contribution in [-0.2, 0) is 11.3 Å². The number of carbonyl (C=O) groups is 1. The minimum Gasteiger partial charge on any atom is -0.336 e. The Kier molecular flexibility index (Phi) is 4.87. The van der Waals surface area contributed by atoms with Gasteiger partial charge in [-0.2, -0.15) is 0 Å². The Balaban J connectivity index is 2.15. The van der Waals surface area contributed by atoms with Gasteiger partial charge < -0.3 is 9.47 Å². The van der Waals surface area contributed by atoms with Crippen LogP contribution in [0.1, 0.15) is 25.1 Å². The topological polar surface area (TPSA) is 55.2 Å². The van der Waals surface area contributed by atoms with Crippen molar-refractivity contribution >= 4 is 5.91 Å². The van der Waals surface area contributed by atoms with E-state index in [2.05, 4.69) is 4.98 Å². The molecule has 0 aromatic carbocycles. The van der Waals surface area contributed by atoms with Gasteiger partial charge in [-0.3, -0.25) is 14.6 Å². The van der Waals surface area contributed by atoms with Gasteiger partial charge in [0.15, 0.2) is 0 Å². The molecule has 5 heteroatoms. The monoisotopic (exact) mass is 285 g/mol. The molecule has 5 nitrogen and oxygen atoms in total. The molecule has 0 aliphatic heterocycles. The first-order valence-electron chi connectivity index (χ1n) is 6.95. The van der Waals surface area contributed by atoms with Crippen LogP contribution in [0.15, 0.2) is 53.6 Å². The second-order valence-electron chi connectivity index (χ2n) is 4.85. The number of rotatable bonds is 5. The Morgan fingerprint density at radius 1 is 1.29 bits per heavy atom. The first kappa shape index (κ1) is 15.0. The molecule has 0 bridgehead atoms. The van der Waals surface area contributed by atoms with Gasteiger partial charge in [0.05, 0.1) is 11.7 Å². The summed E-state index contributed by atoms with van der Waals surface area (Å²) in [6, 6.07) is 10.4. The summed E-state index contributed by atoms with van der Waals surface area (Å²) in [6.07, 6.45) is 4.11. The predicted octanol–water partition coefficient (Wildman–Crippen LogP) is 1.85. The molecule has 0 spiro atoms. The molecule has 2 aromatic heterocycles. The molecule has 0 aliphatic rings. The summed E-state index contributed by atoms with van der Waals surface area (Å²) < 4.78 is 1.41. The number of pyridine rings is 2. The highest BCUT2D eigenvalue weighted by Gasteiger charge is 2.21. The van der Waals surface area contributed by atoms with Crippen molar-refractivity contribution < 1.29 is 4.79 Å². The third kappa shape index (κ3) is 3.56. The molecule has 0 unspecified atom stereocenters. The van der Waals surface area contributed by atoms with Crippen LogP contribution in [0.5, 0.6) is 0 Å². The number of carbonyl (C=O) groups excluding carboxylic acids is 1. The zero-order valence-corrected chi connectivity index (χ0v) is 12.3. The number of amides is 1. The van der Waals surface area contributed by atoms with E-state index in [-0.39, 0.29) is 24.1 Å². The van der Waals surface area contributed by atoms with E-state index in [9.17, 15) is 9.59 Å². The van der Waals surface area contributed by atoms with Crippen molar-refractivity contribution in [2.75, 3.05) is 7.05 Å². The average molecular weight is 285 g/mol. The Labute approximate surface area is 123 Å². The molecule has 0 N–H and O–H groups in total. The number of hydrogen-bond donors (Lipinski definition) is 0. The molecule has 0 radical (unpaired) electrons. The van der Waals surface area contributed by atoms with E-state index in [4.69, 9.17) is 0 Å². The zero-order valence-electron chi connectivity index (χ0n) is 12.3. The minimum atomic E-state index is -0.176. The van der Waals surface area contributed by atoms with Crippen LogP contribution >= 0.6 is 0 Å². The van der Waals surface area contributed by atoms with Crippen LogP contribution in [0.2, 0.25) is 0 Å². The molecule has 0 saturated heterocycles. The lowest BCUT2D eigenvalue weighted by molar-refractivity contribution is -0.133. The normalized spacial score (nSPS) is 11.9. The minimum absolute atomic E-state index is 0.0412. The third-order valence-corrected chi connectivity index (χ3v) is 3.48. The van der Waals surface area contributed by atoms with E-state index in [1.807, 2.05) is 25.1 Å². The lowest BCUT2D eigenvalue weighted by Crippen LogP contribution is -2.36. The van der Waals surface area contributed by atoms with Crippen LogP contribution in [0.4, 0.5) is 0 Å². The standard InChI is InChI=1S/C16H19N3O2/c1-3-14(13-8-4-6-10-17-13)18(2)16(21)12-19-11-7-5-9-15(19)20/h4-11,14H,3,12H2,1-2H3/t14-/m0/s1. The fourth-order valence-corrected chi connectivity index (χ4v) is 2.28. The van der Waals surface area contributed by atoms with Gasteiger partial charge in [0.2, 0.25) is 5.91 Å². The van der Waals surface area contributed by atoms with Crippen LogP contribution in [-0.4, -0.2) is 27.4 Å². The second kappa shape index (κ2) is 6.83. The molecule has 21 heavy (non-hydrogen) atoms. The van der Waals surface area contributed by atoms with Crippen molar-refractivity contribution in [3.05, 3.63) is 64.8 Å². The first-order valence-corrected chi connectivity index (χ1v) is 6.95. The lowest BCUT2D eigenvalue weighted by Gasteiger charge is -2.27. The maximum absolute atomic E-state index is 12.4. The van der Waals surface area contributed by atoms with Gasteiger partial charge in [-0.25, -0.2) is 0 Å². The molecule has 1 amide bonds. The number of hydrogen-bond acceptors (Lipinski definition) is 3. The van der Waals surface area contributed by atoms with E-state index < -0.39 is 0 Å². The highest BCUT2D eigenvalue weighted by molar-refractivity contribution is 5.76. The van der Waals surface area contributed by atoms with Gasteiger partial charge in [0, 0.05) is 25.5 Å². The van der Waals surface area contributed by atoms with Crippen LogP contribution in [0.3, 0.4) is 0 Å². The molecule has 0 saturated carbocycles. The Bertz CT molecular complexity index is 652. The molecular formula is C16H19N3O2. The number of nitrogens with zero attached hydrogens (tertiary/aromatic N) is 3. The molecule has 2 heterocycles. The van der Waals surface area contributed by atoms with E-state index >= 15 is 0 Å². The van der Waals surface area contributed by atoms with Crippen molar-refractivity contribution in [3.63, 3.8) is 0 Å². The second-order valence-corrected chi connectivity index (χ2v) is 4.85. The summed E-state index contributed by atoms with van der Waals surface area (Å²) >= 11 is 0. The van der Waals surface area contributed by atoms with Crippen LogP contribution in [0.25, 0.3) is 0 Å². The highest BCUT2D eigenvalue weighted by atomic mass is 16.2. The summed E-state index contributed by atoms with van der Waals surface area (Å²) in [6.45, 7) is 2.05. The van der Waals surface area contributed by atoms with Crippen molar-refractivity contribution in [1.29, 1.82) is 0 Å². The largest absolute Gasteiger partial charge is 0.336 e. The maximum Gasteiger partial charge on any atom is 0.250 e. The number of aromatic nitrogens is 2. The summed E-state index contributed by atoms with van der Waals surface area (Å²) in [7, 11) is 1.75. The SMILES string of the molecule is CC[C@@H](c1ccccn1)N(C)C(=O)Cn1ccccc1=O. The molecule has 110 valence electrons. The quantitative estimate of drug-likeness (QED) is 0.842. The molecule has 2 aromatic rings. The molecule has 0 aliphatic carbocycles. The molecule has 2 rings (SSSR count). The van der Waals surface area contributed by atoms with E-state index in [1.54, 1.807) is 36.5 Å². The van der Waals surface area contributed by atoms with Crippen molar-refractivity contribution in [2.45, 2.75) is 25.9 Å². The maximum atomic E-state index is 12.4. The van der Waals surface area contributed by atoms with Crippen molar-refractivity contribution in [3.8, 4) is 0 Å². The van der Waals surface area contributed by atoms with Gasteiger partial charge in [0.1, 0.15) is 6.54 Å². The number of likely N-dealkylation sites (N-methyl/N-ethyl adjacent to an activating group) is 1. The van der Waals surface area contributed by atoms with E-state index in [0.29, 0.717) is 0 Å². The van der Waals surface area contributed by atoms with Gasteiger partial charge >= 0.3 is 0 Å². The molecular weight excluding hydrogens is 266 g/mol. The predicted molar refractivity (Wildman–Crippen MR) is 80.7 cm³/mol. The van der Waals surface area contributed by atoms with E-state index in [1.165, 1.54) is 10.6 Å². The Morgan fingerprint density at radius 3 is 2.67 bits per heavy atom. The zero-order chi connectivity index (χ0) is 15.2. The van der Waals surface area contributed by atoms with Gasteiger partial charge in [-0.05, 0) is 24.6 Å². The van der Waals surface area contributed by atoms with Crippen molar-refractivity contribution in [1.82, 2.24) is 14.5 Å². The first-order chi connectivity index (χ1) is 10.1. The third-order valence-electron chi connectivity index (χ3n) is 3.48. The van der Waals surface area contributed by atoms with E-state index in [0.717, 1.165) is 12.1 Å². The fourth-order valence-electron chi connectivity index (χ4n) is 2.28.